The van der Waals surface area contributed by atoms with Gasteiger partial charge in [-0.15, -0.1) is 0 Å². The largest absolute Gasteiger partial charge is 0.348 e. The first-order valence-corrected chi connectivity index (χ1v) is 10.1. The molecule has 0 aliphatic heterocycles. The number of benzene rings is 2. The number of H-pyrrole nitrogens is 1. The van der Waals surface area contributed by atoms with Crippen molar-refractivity contribution in [3.8, 4) is 22.6 Å². The highest BCUT2D eigenvalue weighted by Crippen LogP contribution is 2.32. The first kappa shape index (κ1) is 20.7. The molecule has 0 aliphatic rings. The number of aromatic nitrogens is 4. The van der Waals surface area contributed by atoms with Gasteiger partial charge in [0, 0.05) is 11.8 Å². The monoisotopic (exact) mass is 416 g/mol. The molecule has 0 bridgehead atoms. The van der Waals surface area contributed by atoms with Crippen molar-refractivity contribution in [1.29, 1.82) is 0 Å². The number of rotatable bonds is 6. The van der Waals surface area contributed by atoms with Gasteiger partial charge in [-0.2, -0.15) is 0 Å². The number of hydrogen-bond acceptors (Lipinski definition) is 5. The topological polar surface area (TPSA) is 92.5 Å². The fourth-order valence-electron chi connectivity index (χ4n) is 3.27. The molecule has 1 atom stereocenters. The molecule has 2 aromatic heterocycles. The minimum absolute atomic E-state index is 0.0355. The van der Waals surface area contributed by atoms with Gasteiger partial charge in [0.05, 0.1) is 28.7 Å². The zero-order chi connectivity index (χ0) is 22.0. The standard InChI is InChI=1S/C24H25FN6/c1-15(16-7-5-4-6-8-16)28-23-27-14-13-19(29-23)21-20(17-9-11-18(25)12-10-17)30-22(31-21)24(2,3)26/h4-15H,26H2,1-3H3,(H,30,31)(H,27,28,29)/t15-/m0/s1. The van der Waals surface area contributed by atoms with Crippen LogP contribution in [0.5, 0.6) is 0 Å². The Kier molecular flexibility index (Phi) is 5.52. The van der Waals surface area contributed by atoms with Crippen molar-refractivity contribution < 1.29 is 4.39 Å². The van der Waals surface area contributed by atoms with Crippen LogP contribution in [0, 0.1) is 5.82 Å². The quantitative estimate of drug-likeness (QED) is 0.409. The van der Waals surface area contributed by atoms with Crippen molar-refractivity contribution in [3.63, 3.8) is 0 Å². The summed E-state index contributed by atoms with van der Waals surface area (Å²) in [5, 5.41) is 3.34. The Balaban J connectivity index is 1.73. The van der Waals surface area contributed by atoms with Gasteiger partial charge < -0.3 is 16.0 Å². The van der Waals surface area contributed by atoms with Crippen LogP contribution in [-0.4, -0.2) is 19.9 Å². The lowest BCUT2D eigenvalue weighted by molar-refractivity contribution is 0.521. The minimum Gasteiger partial charge on any atom is -0.348 e. The summed E-state index contributed by atoms with van der Waals surface area (Å²) in [7, 11) is 0. The van der Waals surface area contributed by atoms with E-state index in [9.17, 15) is 4.39 Å². The van der Waals surface area contributed by atoms with E-state index < -0.39 is 5.54 Å². The average molecular weight is 417 g/mol. The second-order valence-electron chi connectivity index (χ2n) is 8.08. The molecule has 7 heteroatoms. The molecular weight excluding hydrogens is 391 g/mol. The van der Waals surface area contributed by atoms with Crippen molar-refractivity contribution in [2.45, 2.75) is 32.4 Å². The van der Waals surface area contributed by atoms with E-state index in [0.29, 0.717) is 28.9 Å². The van der Waals surface area contributed by atoms with Crippen LogP contribution in [0.3, 0.4) is 0 Å². The van der Waals surface area contributed by atoms with E-state index >= 15 is 0 Å². The maximum atomic E-state index is 13.5. The number of anilines is 1. The highest BCUT2D eigenvalue weighted by atomic mass is 19.1. The Hall–Kier alpha value is -3.58. The lowest BCUT2D eigenvalue weighted by atomic mass is 10.1. The maximum Gasteiger partial charge on any atom is 0.223 e. The predicted octanol–water partition coefficient (Wildman–Crippen LogP) is 5.04. The van der Waals surface area contributed by atoms with Crippen LogP contribution in [-0.2, 0) is 5.54 Å². The highest BCUT2D eigenvalue weighted by Gasteiger charge is 2.23. The number of halogens is 1. The summed E-state index contributed by atoms with van der Waals surface area (Å²) < 4.78 is 13.5. The lowest BCUT2D eigenvalue weighted by Crippen LogP contribution is -2.30. The van der Waals surface area contributed by atoms with Crippen LogP contribution in [0.15, 0.2) is 66.9 Å². The molecule has 0 aliphatic carbocycles. The van der Waals surface area contributed by atoms with Crippen LogP contribution in [0.2, 0.25) is 0 Å². The van der Waals surface area contributed by atoms with Gasteiger partial charge in [-0.1, -0.05) is 30.3 Å². The summed E-state index contributed by atoms with van der Waals surface area (Å²) in [5.41, 5.74) is 9.55. The van der Waals surface area contributed by atoms with Crippen LogP contribution >= 0.6 is 0 Å². The number of nitrogens with zero attached hydrogens (tertiary/aromatic N) is 3. The fraction of sp³-hybridized carbons (Fsp3) is 0.208. The summed E-state index contributed by atoms with van der Waals surface area (Å²) >= 11 is 0. The first-order chi connectivity index (χ1) is 14.8. The molecule has 6 nitrogen and oxygen atoms in total. The molecule has 31 heavy (non-hydrogen) atoms. The zero-order valence-corrected chi connectivity index (χ0v) is 17.7. The lowest BCUT2D eigenvalue weighted by Gasteiger charge is -2.15. The Morgan fingerprint density at radius 1 is 1.00 bits per heavy atom. The third-order valence-corrected chi connectivity index (χ3v) is 4.99. The van der Waals surface area contributed by atoms with E-state index in [4.69, 9.17) is 15.7 Å². The van der Waals surface area contributed by atoms with Crippen LogP contribution < -0.4 is 11.1 Å². The molecule has 4 N–H and O–H groups in total. The van der Waals surface area contributed by atoms with Crippen molar-refractivity contribution in [3.05, 3.63) is 84.1 Å². The van der Waals surface area contributed by atoms with Gasteiger partial charge >= 0.3 is 0 Å². The van der Waals surface area contributed by atoms with Gasteiger partial charge in [-0.3, -0.25) is 0 Å². The van der Waals surface area contributed by atoms with E-state index in [0.717, 1.165) is 11.1 Å². The minimum atomic E-state index is -0.678. The van der Waals surface area contributed by atoms with Crippen molar-refractivity contribution in [2.24, 2.45) is 5.73 Å². The molecule has 2 heterocycles. The fourth-order valence-corrected chi connectivity index (χ4v) is 3.27. The normalized spacial score (nSPS) is 12.5. The summed E-state index contributed by atoms with van der Waals surface area (Å²) in [6.45, 7) is 5.80. The van der Waals surface area contributed by atoms with Crippen LogP contribution in [0.25, 0.3) is 22.6 Å². The third kappa shape index (κ3) is 4.62. The van der Waals surface area contributed by atoms with Gasteiger partial charge in [0.2, 0.25) is 5.95 Å². The van der Waals surface area contributed by atoms with Gasteiger partial charge in [0.1, 0.15) is 11.6 Å². The smallest absolute Gasteiger partial charge is 0.223 e. The van der Waals surface area contributed by atoms with Crippen molar-refractivity contribution in [2.75, 3.05) is 5.32 Å². The molecule has 158 valence electrons. The van der Waals surface area contributed by atoms with E-state index in [2.05, 4.69) is 34.3 Å². The summed E-state index contributed by atoms with van der Waals surface area (Å²) in [5.74, 6) is 0.818. The van der Waals surface area contributed by atoms with Gasteiger partial charge in [-0.25, -0.2) is 19.3 Å². The number of aromatic amines is 1. The summed E-state index contributed by atoms with van der Waals surface area (Å²) in [6.07, 6.45) is 1.70. The second-order valence-corrected chi connectivity index (χ2v) is 8.08. The van der Waals surface area contributed by atoms with E-state index in [1.165, 1.54) is 12.1 Å². The molecule has 0 unspecified atom stereocenters. The summed E-state index contributed by atoms with van der Waals surface area (Å²) in [6, 6.07) is 18.2. The molecular formula is C24H25FN6. The third-order valence-electron chi connectivity index (χ3n) is 4.99. The van der Waals surface area contributed by atoms with Gasteiger partial charge in [-0.05, 0) is 56.7 Å². The SMILES string of the molecule is C[C@H](Nc1nccc(-c2[nH]c(C(C)(C)N)nc2-c2ccc(F)cc2)n1)c1ccccc1. The van der Waals surface area contributed by atoms with Crippen molar-refractivity contribution in [1.82, 2.24) is 19.9 Å². The van der Waals surface area contributed by atoms with E-state index in [1.54, 1.807) is 18.3 Å². The van der Waals surface area contributed by atoms with Crippen molar-refractivity contribution >= 4 is 5.95 Å². The number of nitrogens with two attached hydrogens (primary N) is 1. The molecule has 4 aromatic rings. The molecule has 2 aromatic carbocycles. The Morgan fingerprint density at radius 3 is 2.39 bits per heavy atom. The first-order valence-electron chi connectivity index (χ1n) is 10.1. The number of nitrogens with one attached hydrogen (secondary N) is 2. The predicted molar refractivity (Wildman–Crippen MR) is 121 cm³/mol. The van der Waals surface area contributed by atoms with E-state index in [-0.39, 0.29) is 11.9 Å². The number of hydrogen-bond donors (Lipinski definition) is 3. The average Bonchev–Trinajstić information content (AvgIpc) is 3.21. The maximum absolute atomic E-state index is 13.5. The Bertz CT molecular complexity index is 1160. The van der Waals surface area contributed by atoms with E-state index in [1.807, 2.05) is 38.1 Å². The zero-order valence-electron chi connectivity index (χ0n) is 17.7. The number of imidazole rings is 1. The Labute approximate surface area is 180 Å². The van der Waals surface area contributed by atoms with Gasteiger partial charge in [0.15, 0.2) is 0 Å². The summed E-state index contributed by atoms with van der Waals surface area (Å²) in [4.78, 5) is 17.1. The molecule has 0 spiro atoms. The second kappa shape index (κ2) is 8.28. The molecule has 0 radical (unpaired) electrons. The molecule has 0 saturated heterocycles. The van der Waals surface area contributed by atoms with Crippen LogP contribution in [0.4, 0.5) is 10.3 Å². The van der Waals surface area contributed by atoms with Gasteiger partial charge in [0.25, 0.3) is 0 Å². The molecule has 4 rings (SSSR count). The highest BCUT2D eigenvalue weighted by molar-refractivity contribution is 5.77. The molecule has 0 fully saturated rings. The van der Waals surface area contributed by atoms with Crippen LogP contribution in [0.1, 0.15) is 38.2 Å². The Morgan fingerprint density at radius 2 is 1.71 bits per heavy atom. The molecule has 0 saturated carbocycles. The molecule has 0 amide bonds.